The molecule has 0 spiro atoms. The molecule has 3 heteroatoms. The fraction of sp³-hybridized carbons (Fsp3) is 0.143. The Balaban J connectivity index is 2.21. The van der Waals surface area contributed by atoms with E-state index in [0.717, 1.165) is 17.5 Å². The predicted molar refractivity (Wildman–Crippen MR) is 67.1 cm³/mol. The van der Waals surface area contributed by atoms with Gasteiger partial charge >= 0.3 is 0 Å². The van der Waals surface area contributed by atoms with Gasteiger partial charge < -0.3 is 0 Å². The van der Waals surface area contributed by atoms with Crippen LogP contribution in [0.2, 0.25) is 0 Å². The molecule has 0 unspecified atom stereocenters. The van der Waals surface area contributed by atoms with Crippen LogP contribution >= 0.6 is 0 Å². The molecule has 0 atom stereocenters. The molecule has 17 heavy (non-hydrogen) atoms. The minimum absolute atomic E-state index is 0.148. The number of benzene rings is 2. The van der Waals surface area contributed by atoms with Crippen molar-refractivity contribution in [3.63, 3.8) is 0 Å². The first-order valence-electron chi connectivity index (χ1n) is 5.44. The molecule has 0 fully saturated rings. The second kappa shape index (κ2) is 4.78. The zero-order chi connectivity index (χ0) is 12.3. The van der Waals surface area contributed by atoms with E-state index in [2.05, 4.69) is 0 Å². The Morgan fingerprint density at radius 1 is 1.06 bits per heavy atom. The van der Waals surface area contributed by atoms with Gasteiger partial charge in [-0.1, -0.05) is 42.0 Å². The number of hydrogen-bond acceptors (Lipinski definition) is 2. The number of aryl methyl sites for hydroxylation is 1. The average Bonchev–Trinajstić information content (AvgIpc) is 2.32. The van der Waals surface area contributed by atoms with Gasteiger partial charge in [-0.3, -0.25) is 10.1 Å². The van der Waals surface area contributed by atoms with Crippen molar-refractivity contribution in [1.82, 2.24) is 0 Å². The smallest absolute Gasteiger partial charge is 0.258 e. The Hall–Kier alpha value is -2.16. The molecular formula is C14H13NO2. The Labute approximate surface area is 99.9 Å². The summed E-state index contributed by atoms with van der Waals surface area (Å²) in [6.07, 6.45) is 0.724. The van der Waals surface area contributed by atoms with Crippen LogP contribution in [0, 0.1) is 17.0 Å². The quantitative estimate of drug-likeness (QED) is 0.595. The van der Waals surface area contributed by atoms with Gasteiger partial charge in [-0.05, 0) is 24.5 Å². The van der Waals surface area contributed by atoms with E-state index in [0.29, 0.717) is 0 Å². The Morgan fingerprint density at radius 2 is 1.76 bits per heavy atom. The highest BCUT2D eigenvalue weighted by atomic mass is 16.6. The summed E-state index contributed by atoms with van der Waals surface area (Å²) in [5.74, 6) is 0. The van der Waals surface area contributed by atoms with Gasteiger partial charge in [0.2, 0.25) is 0 Å². The van der Waals surface area contributed by atoms with Crippen LogP contribution in [0.3, 0.4) is 0 Å². The molecule has 0 amide bonds. The SMILES string of the molecule is Cc1ccc(Cc2cccc([N+](=O)[O-])c2)cc1. The molecule has 0 N–H and O–H groups in total. The lowest BCUT2D eigenvalue weighted by atomic mass is 10.0. The first-order valence-corrected chi connectivity index (χ1v) is 5.44. The number of rotatable bonds is 3. The van der Waals surface area contributed by atoms with Gasteiger partial charge in [0.15, 0.2) is 0 Å². The first kappa shape index (κ1) is 11.3. The van der Waals surface area contributed by atoms with Gasteiger partial charge in [-0.15, -0.1) is 0 Å². The lowest BCUT2D eigenvalue weighted by Gasteiger charge is -2.02. The fourth-order valence-electron chi connectivity index (χ4n) is 1.72. The monoisotopic (exact) mass is 227 g/mol. The third-order valence-corrected chi connectivity index (χ3v) is 2.65. The van der Waals surface area contributed by atoms with Crippen molar-refractivity contribution in [1.29, 1.82) is 0 Å². The lowest BCUT2D eigenvalue weighted by Crippen LogP contribution is -1.92. The van der Waals surface area contributed by atoms with Gasteiger partial charge in [-0.2, -0.15) is 0 Å². The van der Waals surface area contributed by atoms with Gasteiger partial charge in [0, 0.05) is 12.1 Å². The van der Waals surface area contributed by atoms with Crippen molar-refractivity contribution in [3.8, 4) is 0 Å². The van der Waals surface area contributed by atoms with Crippen LogP contribution < -0.4 is 0 Å². The molecule has 3 nitrogen and oxygen atoms in total. The standard InChI is InChI=1S/C14H13NO2/c1-11-5-7-12(8-6-11)9-13-3-2-4-14(10-13)15(16)17/h2-8,10H,9H2,1H3. The third-order valence-electron chi connectivity index (χ3n) is 2.65. The highest BCUT2D eigenvalue weighted by molar-refractivity contribution is 5.37. The molecule has 0 aliphatic heterocycles. The average molecular weight is 227 g/mol. The highest BCUT2D eigenvalue weighted by Crippen LogP contribution is 2.16. The maximum atomic E-state index is 10.7. The normalized spacial score (nSPS) is 10.2. The first-order chi connectivity index (χ1) is 8.15. The van der Waals surface area contributed by atoms with E-state index in [9.17, 15) is 10.1 Å². The van der Waals surface area contributed by atoms with Gasteiger partial charge in [0.25, 0.3) is 5.69 Å². The molecule has 0 aliphatic rings. The molecule has 2 aromatic carbocycles. The van der Waals surface area contributed by atoms with Crippen LogP contribution in [0.5, 0.6) is 0 Å². The summed E-state index contributed by atoms with van der Waals surface area (Å²) in [6.45, 7) is 2.04. The van der Waals surface area contributed by atoms with Crippen molar-refractivity contribution in [2.75, 3.05) is 0 Å². The predicted octanol–water partition coefficient (Wildman–Crippen LogP) is 3.49. The highest BCUT2D eigenvalue weighted by Gasteiger charge is 2.05. The molecular weight excluding hydrogens is 214 g/mol. The molecule has 0 bridgehead atoms. The second-order valence-corrected chi connectivity index (χ2v) is 4.09. The number of non-ortho nitro benzene ring substituents is 1. The van der Waals surface area contributed by atoms with Crippen LogP contribution in [-0.2, 0) is 6.42 Å². The van der Waals surface area contributed by atoms with Crippen molar-refractivity contribution >= 4 is 5.69 Å². The summed E-state index contributed by atoms with van der Waals surface area (Å²) < 4.78 is 0. The van der Waals surface area contributed by atoms with Gasteiger partial charge in [-0.25, -0.2) is 0 Å². The molecule has 0 aliphatic carbocycles. The van der Waals surface area contributed by atoms with E-state index in [4.69, 9.17) is 0 Å². The molecule has 0 aromatic heterocycles. The second-order valence-electron chi connectivity index (χ2n) is 4.09. The molecule has 0 radical (unpaired) electrons. The van der Waals surface area contributed by atoms with Crippen LogP contribution in [0.1, 0.15) is 16.7 Å². The molecule has 0 saturated carbocycles. The van der Waals surface area contributed by atoms with Crippen LogP contribution in [0.4, 0.5) is 5.69 Å². The summed E-state index contributed by atoms with van der Waals surface area (Å²) in [5.41, 5.74) is 3.49. The number of nitro benzene ring substituents is 1. The lowest BCUT2D eigenvalue weighted by molar-refractivity contribution is -0.384. The molecule has 2 aromatic rings. The topological polar surface area (TPSA) is 43.1 Å². The van der Waals surface area contributed by atoms with E-state index in [1.807, 2.05) is 37.3 Å². The summed E-state index contributed by atoms with van der Waals surface area (Å²) in [4.78, 5) is 10.3. The van der Waals surface area contributed by atoms with E-state index in [1.54, 1.807) is 12.1 Å². The van der Waals surface area contributed by atoms with E-state index in [-0.39, 0.29) is 10.6 Å². The summed E-state index contributed by atoms with van der Waals surface area (Å²) >= 11 is 0. The number of nitro groups is 1. The fourth-order valence-corrected chi connectivity index (χ4v) is 1.72. The van der Waals surface area contributed by atoms with E-state index in [1.165, 1.54) is 11.6 Å². The van der Waals surface area contributed by atoms with Crippen LogP contribution in [-0.4, -0.2) is 4.92 Å². The maximum Gasteiger partial charge on any atom is 0.269 e. The summed E-state index contributed by atoms with van der Waals surface area (Å²) in [5, 5.41) is 10.7. The zero-order valence-electron chi connectivity index (χ0n) is 9.59. The Bertz CT molecular complexity index is 532. The van der Waals surface area contributed by atoms with Crippen LogP contribution in [0.25, 0.3) is 0 Å². The van der Waals surface area contributed by atoms with Crippen molar-refractivity contribution in [3.05, 3.63) is 75.3 Å². The minimum atomic E-state index is -0.362. The van der Waals surface area contributed by atoms with Crippen molar-refractivity contribution in [2.45, 2.75) is 13.3 Å². The van der Waals surface area contributed by atoms with Gasteiger partial charge in [0.1, 0.15) is 0 Å². The van der Waals surface area contributed by atoms with Gasteiger partial charge in [0.05, 0.1) is 4.92 Å². The Morgan fingerprint density at radius 3 is 2.41 bits per heavy atom. The summed E-state index contributed by atoms with van der Waals surface area (Å²) in [7, 11) is 0. The molecule has 0 saturated heterocycles. The molecule has 2 rings (SSSR count). The summed E-state index contributed by atoms with van der Waals surface area (Å²) in [6, 6.07) is 15.0. The number of nitrogens with zero attached hydrogens (tertiary/aromatic N) is 1. The number of hydrogen-bond donors (Lipinski definition) is 0. The van der Waals surface area contributed by atoms with E-state index < -0.39 is 0 Å². The van der Waals surface area contributed by atoms with E-state index >= 15 is 0 Å². The molecule has 0 heterocycles. The maximum absolute atomic E-state index is 10.7. The van der Waals surface area contributed by atoms with Crippen molar-refractivity contribution < 1.29 is 4.92 Å². The van der Waals surface area contributed by atoms with Crippen LogP contribution in [0.15, 0.2) is 48.5 Å². The minimum Gasteiger partial charge on any atom is -0.258 e. The molecule has 86 valence electrons. The van der Waals surface area contributed by atoms with Crippen molar-refractivity contribution in [2.24, 2.45) is 0 Å². The third kappa shape index (κ3) is 2.91. The Kier molecular flexibility index (Phi) is 3.19. The zero-order valence-corrected chi connectivity index (χ0v) is 9.59. The largest absolute Gasteiger partial charge is 0.269 e.